The summed E-state index contributed by atoms with van der Waals surface area (Å²) in [5, 5.41) is 21.8. The lowest BCUT2D eigenvalue weighted by atomic mass is 10.1. The third-order valence-electron chi connectivity index (χ3n) is 3.34. The van der Waals surface area contributed by atoms with Gasteiger partial charge in [0.25, 0.3) is 11.4 Å². The van der Waals surface area contributed by atoms with Crippen LogP contribution in [0, 0.1) is 44.9 Å². The van der Waals surface area contributed by atoms with E-state index in [1.165, 1.54) is 36.4 Å². The first-order valence-corrected chi connectivity index (χ1v) is 7.02. The molecule has 2 rings (SSSR count). The minimum absolute atomic E-state index is 0.131. The molecule has 0 aliphatic rings. The monoisotopic (exact) mass is 336 g/mol. The van der Waals surface area contributed by atoms with E-state index in [9.17, 15) is 20.2 Å². The minimum Gasteiger partial charge on any atom is -0.340 e. The van der Waals surface area contributed by atoms with Crippen molar-refractivity contribution in [1.82, 2.24) is 0 Å². The fourth-order valence-electron chi connectivity index (χ4n) is 2.17. The van der Waals surface area contributed by atoms with Crippen LogP contribution in [0.25, 0.3) is 0 Å². The molecule has 0 fully saturated rings. The van der Waals surface area contributed by atoms with E-state index in [4.69, 9.17) is 17.6 Å². The summed E-state index contributed by atoms with van der Waals surface area (Å²) in [5.41, 5.74) is 0.521. The van der Waals surface area contributed by atoms with E-state index in [0.717, 1.165) is 0 Å². The standard InChI is InChI=1S/C18H12N2O5/c1-3-17(13-7-5-9-15(11-13)19(21)22)25-18(4-2)14-8-6-10-16(12-14)20(23)24/h1-2,5-12,17-18H. The van der Waals surface area contributed by atoms with Crippen LogP contribution in [-0.2, 0) is 4.74 Å². The second kappa shape index (κ2) is 7.73. The van der Waals surface area contributed by atoms with E-state index in [1.807, 2.05) is 0 Å². The van der Waals surface area contributed by atoms with Crippen LogP contribution in [0.5, 0.6) is 0 Å². The molecule has 2 atom stereocenters. The highest BCUT2D eigenvalue weighted by Crippen LogP contribution is 2.29. The molecule has 7 nitrogen and oxygen atoms in total. The maximum absolute atomic E-state index is 10.9. The first kappa shape index (κ1) is 17.7. The molecule has 2 unspecified atom stereocenters. The van der Waals surface area contributed by atoms with Gasteiger partial charge < -0.3 is 4.74 Å². The fraction of sp³-hybridized carbons (Fsp3) is 0.111. The zero-order chi connectivity index (χ0) is 18.4. The van der Waals surface area contributed by atoms with Crippen molar-refractivity contribution in [3.63, 3.8) is 0 Å². The minimum atomic E-state index is -0.944. The van der Waals surface area contributed by atoms with Crippen LogP contribution >= 0.6 is 0 Å². The molecule has 0 spiro atoms. The number of non-ortho nitro benzene ring substituents is 2. The molecular weight excluding hydrogens is 324 g/mol. The van der Waals surface area contributed by atoms with Crippen LogP contribution < -0.4 is 0 Å². The fourth-order valence-corrected chi connectivity index (χ4v) is 2.17. The summed E-state index contributed by atoms with van der Waals surface area (Å²) in [7, 11) is 0. The number of hydrogen-bond acceptors (Lipinski definition) is 5. The lowest BCUT2D eigenvalue weighted by Gasteiger charge is -2.18. The van der Waals surface area contributed by atoms with Gasteiger partial charge in [-0.2, -0.15) is 0 Å². The Labute approximate surface area is 143 Å². The number of benzene rings is 2. The zero-order valence-corrected chi connectivity index (χ0v) is 12.9. The second-order valence-electron chi connectivity index (χ2n) is 4.93. The smallest absolute Gasteiger partial charge is 0.269 e. The van der Waals surface area contributed by atoms with Crippen molar-refractivity contribution in [3.05, 3.63) is 79.9 Å². The van der Waals surface area contributed by atoms with Gasteiger partial charge in [-0.3, -0.25) is 20.2 Å². The van der Waals surface area contributed by atoms with E-state index >= 15 is 0 Å². The lowest BCUT2D eigenvalue weighted by Crippen LogP contribution is -2.08. The topological polar surface area (TPSA) is 95.5 Å². The van der Waals surface area contributed by atoms with Gasteiger partial charge in [-0.15, -0.1) is 12.8 Å². The highest BCUT2D eigenvalue weighted by Gasteiger charge is 2.20. The van der Waals surface area contributed by atoms with Crippen molar-refractivity contribution >= 4 is 11.4 Å². The summed E-state index contributed by atoms with van der Waals surface area (Å²) in [5.74, 6) is 4.76. The van der Waals surface area contributed by atoms with Crippen LogP contribution in [0.4, 0.5) is 11.4 Å². The van der Waals surface area contributed by atoms with Gasteiger partial charge in [0.1, 0.15) is 12.2 Å². The van der Waals surface area contributed by atoms with Gasteiger partial charge in [-0.05, 0) is 11.1 Å². The average molecular weight is 336 g/mol. The molecule has 124 valence electrons. The number of rotatable bonds is 6. The van der Waals surface area contributed by atoms with Gasteiger partial charge >= 0.3 is 0 Å². The number of nitro groups is 2. The Balaban J connectivity index is 2.31. The van der Waals surface area contributed by atoms with Crippen molar-refractivity contribution in [1.29, 1.82) is 0 Å². The Bertz CT molecular complexity index is 821. The number of nitro benzene ring substituents is 2. The SMILES string of the molecule is C#CC(OC(C#C)c1cccc([N+](=O)[O-])c1)c1cccc([N+](=O)[O-])c1. The summed E-state index contributed by atoms with van der Waals surface area (Å²) in [6.45, 7) is 0. The van der Waals surface area contributed by atoms with Gasteiger partial charge in [-0.1, -0.05) is 36.1 Å². The van der Waals surface area contributed by atoms with Gasteiger partial charge in [0.15, 0.2) is 0 Å². The van der Waals surface area contributed by atoms with Gasteiger partial charge in [0.2, 0.25) is 0 Å². The first-order chi connectivity index (χ1) is 12.0. The van der Waals surface area contributed by atoms with Crippen LogP contribution in [0.3, 0.4) is 0 Å². The Morgan fingerprint density at radius 1 is 0.840 bits per heavy atom. The van der Waals surface area contributed by atoms with Crippen molar-refractivity contribution in [2.45, 2.75) is 12.2 Å². The molecule has 0 aliphatic carbocycles. The van der Waals surface area contributed by atoms with Crippen molar-refractivity contribution in [2.24, 2.45) is 0 Å². The predicted molar refractivity (Wildman–Crippen MR) is 90.4 cm³/mol. The normalized spacial score (nSPS) is 12.4. The molecule has 0 N–H and O–H groups in total. The summed E-state index contributed by atoms with van der Waals surface area (Å²) in [6.07, 6.45) is 9.05. The highest BCUT2D eigenvalue weighted by molar-refractivity contribution is 5.39. The third-order valence-corrected chi connectivity index (χ3v) is 3.34. The van der Waals surface area contributed by atoms with Crippen LogP contribution in [0.1, 0.15) is 23.3 Å². The quantitative estimate of drug-likeness (QED) is 0.456. The Hall–Kier alpha value is -3.68. The van der Waals surface area contributed by atoms with E-state index in [0.29, 0.717) is 11.1 Å². The first-order valence-electron chi connectivity index (χ1n) is 7.02. The third kappa shape index (κ3) is 4.20. The van der Waals surface area contributed by atoms with Gasteiger partial charge in [0.05, 0.1) is 9.85 Å². The Morgan fingerprint density at radius 3 is 1.56 bits per heavy atom. The molecular formula is C18H12N2O5. The molecule has 0 amide bonds. The number of terminal acetylenes is 2. The molecule has 0 bridgehead atoms. The molecule has 0 aliphatic heterocycles. The molecule has 25 heavy (non-hydrogen) atoms. The van der Waals surface area contributed by atoms with Crippen LogP contribution in [0.2, 0.25) is 0 Å². The summed E-state index contributed by atoms with van der Waals surface area (Å²) < 4.78 is 5.67. The predicted octanol–water partition coefficient (Wildman–Crippen LogP) is 3.57. The van der Waals surface area contributed by atoms with Crippen LogP contribution in [-0.4, -0.2) is 9.85 Å². The molecule has 2 aromatic rings. The number of hydrogen-bond donors (Lipinski definition) is 0. The molecule has 2 aromatic carbocycles. The average Bonchev–Trinajstić information content (AvgIpc) is 2.63. The summed E-state index contributed by atoms with van der Waals surface area (Å²) in [6, 6.07) is 11.4. The molecule has 0 saturated heterocycles. The Kier molecular flexibility index (Phi) is 5.47. The Morgan fingerprint density at radius 2 is 1.24 bits per heavy atom. The number of nitrogens with zero attached hydrogens (tertiary/aromatic N) is 2. The summed E-state index contributed by atoms with van der Waals surface area (Å²) in [4.78, 5) is 20.7. The maximum Gasteiger partial charge on any atom is 0.269 e. The second-order valence-corrected chi connectivity index (χ2v) is 4.93. The van der Waals surface area contributed by atoms with E-state index in [2.05, 4.69) is 11.8 Å². The molecule has 0 saturated carbocycles. The molecule has 0 aromatic heterocycles. The molecule has 7 heteroatoms. The van der Waals surface area contributed by atoms with Gasteiger partial charge in [-0.25, -0.2) is 0 Å². The van der Waals surface area contributed by atoms with E-state index in [1.54, 1.807) is 12.1 Å². The molecule has 0 radical (unpaired) electrons. The summed E-state index contributed by atoms with van der Waals surface area (Å²) >= 11 is 0. The molecule has 0 heterocycles. The zero-order valence-electron chi connectivity index (χ0n) is 12.9. The van der Waals surface area contributed by atoms with Crippen LogP contribution in [0.15, 0.2) is 48.5 Å². The van der Waals surface area contributed by atoms with Crippen molar-refractivity contribution in [3.8, 4) is 24.7 Å². The number of ether oxygens (including phenoxy) is 1. The van der Waals surface area contributed by atoms with Crippen molar-refractivity contribution < 1.29 is 14.6 Å². The van der Waals surface area contributed by atoms with Crippen molar-refractivity contribution in [2.75, 3.05) is 0 Å². The van der Waals surface area contributed by atoms with E-state index in [-0.39, 0.29) is 11.4 Å². The highest BCUT2D eigenvalue weighted by atomic mass is 16.6. The van der Waals surface area contributed by atoms with Gasteiger partial charge in [0, 0.05) is 24.3 Å². The largest absolute Gasteiger partial charge is 0.340 e. The lowest BCUT2D eigenvalue weighted by molar-refractivity contribution is -0.385. The maximum atomic E-state index is 10.9. The van der Waals surface area contributed by atoms with E-state index < -0.39 is 22.1 Å².